The number of nitrogens with zero attached hydrogens (tertiary/aromatic N) is 1. The van der Waals surface area contributed by atoms with E-state index in [1.54, 1.807) is 12.1 Å². The van der Waals surface area contributed by atoms with E-state index in [2.05, 4.69) is 11.0 Å². The second kappa shape index (κ2) is 6.99. The van der Waals surface area contributed by atoms with Crippen LogP contribution < -0.4 is 0 Å². The Morgan fingerprint density at radius 3 is 2.77 bits per heavy atom. The van der Waals surface area contributed by atoms with Crippen molar-refractivity contribution in [3.8, 4) is 5.75 Å². The van der Waals surface area contributed by atoms with Gasteiger partial charge in [-0.25, -0.2) is 0 Å². The lowest BCUT2D eigenvalue weighted by atomic mass is 9.63. The van der Waals surface area contributed by atoms with Gasteiger partial charge in [0.05, 0.1) is 0 Å². The summed E-state index contributed by atoms with van der Waals surface area (Å²) in [6.45, 7) is 0.790. The summed E-state index contributed by atoms with van der Waals surface area (Å²) in [5, 5.41) is 9.88. The molecule has 2 aromatic rings. The van der Waals surface area contributed by atoms with E-state index in [1.807, 2.05) is 48.5 Å². The number of phenols is 1. The highest BCUT2D eigenvalue weighted by atomic mass is 16.3. The van der Waals surface area contributed by atoms with E-state index in [0.717, 1.165) is 44.2 Å². The number of hydrogen-bond acceptors (Lipinski definition) is 2. The Hall–Kier alpha value is -2.55. The molecule has 26 heavy (non-hydrogen) atoms. The number of hydrogen-bond donors (Lipinski definition) is 1. The standard InChI is InChI=1S/C23H25NO2/c25-21-10-4-8-19(16-21)23-13-5-9-20(17-23)24(15-14-23)22(26)12-11-18-6-2-1-3-7-18/h1-4,6-8,10-12,16,20,25H,5,9,13-15,17H2/b12-11-/t20-,23+/m0/s1. The number of likely N-dealkylation sites (tertiary alicyclic amines) is 1. The maximum Gasteiger partial charge on any atom is 0.246 e. The van der Waals surface area contributed by atoms with Gasteiger partial charge in [-0.3, -0.25) is 4.79 Å². The number of carbonyl (C=O) groups excluding carboxylic acids is 1. The molecule has 0 radical (unpaired) electrons. The molecule has 3 heteroatoms. The summed E-state index contributed by atoms with van der Waals surface area (Å²) in [5.41, 5.74) is 2.39. The quantitative estimate of drug-likeness (QED) is 0.830. The molecule has 4 rings (SSSR count). The topological polar surface area (TPSA) is 40.5 Å². The van der Waals surface area contributed by atoms with Crippen molar-refractivity contribution in [1.29, 1.82) is 0 Å². The molecular formula is C23H25NO2. The predicted molar refractivity (Wildman–Crippen MR) is 104 cm³/mol. The van der Waals surface area contributed by atoms with Crippen molar-refractivity contribution in [2.45, 2.75) is 43.6 Å². The largest absolute Gasteiger partial charge is 0.508 e. The average molecular weight is 347 g/mol. The smallest absolute Gasteiger partial charge is 0.246 e. The lowest BCUT2D eigenvalue weighted by molar-refractivity contribution is -0.131. The fraction of sp³-hybridized carbons (Fsp3) is 0.348. The van der Waals surface area contributed by atoms with E-state index < -0.39 is 0 Å². The maximum atomic E-state index is 12.8. The number of phenolic OH excluding ortho intramolecular Hbond substituents is 1. The summed E-state index contributed by atoms with van der Waals surface area (Å²) in [7, 11) is 0. The first-order valence-electron chi connectivity index (χ1n) is 9.50. The first kappa shape index (κ1) is 16.9. The molecule has 0 unspecified atom stereocenters. The van der Waals surface area contributed by atoms with Crippen molar-refractivity contribution < 1.29 is 9.90 Å². The molecule has 2 aliphatic rings. The van der Waals surface area contributed by atoms with Crippen LogP contribution in [-0.2, 0) is 10.2 Å². The fourth-order valence-corrected chi connectivity index (χ4v) is 4.70. The van der Waals surface area contributed by atoms with Gasteiger partial charge < -0.3 is 10.0 Å². The molecule has 1 aliphatic heterocycles. The van der Waals surface area contributed by atoms with Crippen LogP contribution in [0.3, 0.4) is 0 Å². The van der Waals surface area contributed by atoms with Gasteiger partial charge in [-0.05, 0) is 60.4 Å². The van der Waals surface area contributed by atoms with Crippen molar-refractivity contribution in [2.24, 2.45) is 0 Å². The van der Waals surface area contributed by atoms with Crippen molar-refractivity contribution in [3.63, 3.8) is 0 Å². The van der Waals surface area contributed by atoms with Crippen LogP contribution in [0.15, 0.2) is 60.7 Å². The normalized spacial score (nSPS) is 25.4. The Morgan fingerprint density at radius 2 is 1.96 bits per heavy atom. The Balaban J connectivity index is 1.50. The minimum atomic E-state index is 0.113. The van der Waals surface area contributed by atoms with Crippen molar-refractivity contribution in [3.05, 3.63) is 71.8 Å². The summed E-state index contributed by atoms with van der Waals surface area (Å²) in [6.07, 6.45) is 8.94. The molecule has 1 amide bonds. The summed E-state index contributed by atoms with van der Waals surface area (Å²) in [6, 6.07) is 18.0. The zero-order valence-electron chi connectivity index (χ0n) is 15.0. The van der Waals surface area contributed by atoms with Gasteiger partial charge in [0.15, 0.2) is 0 Å². The molecule has 0 aromatic heterocycles. The van der Waals surface area contributed by atoms with Gasteiger partial charge in [0.2, 0.25) is 5.91 Å². The Labute approximate surface area is 155 Å². The van der Waals surface area contributed by atoms with Crippen LogP contribution in [0.5, 0.6) is 5.75 Å². The zero-order valence-corrected chi connectivity index (χ0v) is 15.0. The van der Waals surface area contributed by atoms with Gasteiger partial charge in [0.1, 0.15) is 5.75 Å². The maximum absolute atomic E-state index is 12.8. The average Bonchev–Trinajstić information content (AvgIpc) is 2.67. The van der Waals surface area contributed by atoms with Gasteiger partial charge in [0, 0.05) is 18.7 Å². The molecule has 134 valence electrons. The second-order valence-corrected chi connectivity index (χ2v) is 7.61. The summed E-state index contributed by atoms with van der Waals surface area (Å²) < 4.78 is 0. The molecule has 2 fully saturated rings. The van der Waals surface area contributed by atoms with Crippen molar-refractivity contribution in [2.75, 3.05) is 6.54 Å². The molecule has 0 spiro atoms. The third-order valence-electron chi connectivity index (χ3n) is 6.05. The van der Waals surface area contributed by atoms with E-state index >= 15 is 0 Å². The van der Waals surface area contributed by atoms with Crippen LogP contribution >= 0.6 is 0 Å². The van der Waals surface area contributed by atoms with Gasteiger partial charge in [-0.2, -0.15) is 0 Å². The number of piperidine rings is 1. The highest BCUT2D eigenvalue weighted by Gasteiger charge is 2.44. The number of rotatable bonds is 3. The Morgan fingerprint density at radius 1 is 1.12 bits per heavy atom. The molecule has 1 saturated carbocycles. The van der Waals surface area contributed by atoms with Crippen molar-refractivity contribution in [1.82, 2.24) is 4.90 Å². The lowest BCUT2D eigenvalue weighted by Crippen LogP contribution is -2.53. The summed E-state index contributed by atoms with van der Waals surface area (Å²) in [4.78, 5) is 14.8. The van der Waals surface area contributed by atoms with Crippen LogP contribution in [0, 0.1) is 0 Å². The van der Waals surface area contributed by atoms with Crippen LogP contribution in [0.2, 0.25) is 0 Å². The first-order chi connectivity index (χ1) is 12.7. The third-order valence-corrected chi connectivity index (χ3v) is 6.05. The van der Waals surface area contributed by atoms with E-state index in [-0.39, 0.29) is 11.3 Å². The molecule has 1 aliphatic carbocycles. The predicted octanol–water partition coefficient (Wildman–Crippen LogP) is 4.52. The molecule has 2 atom stereocenters. The Bertz CT molecular complexity index is 814. The third kappa shape index (κ3) is 3.26. The molecule has 1 saturated heterocycles. The molecular weight excluding hydrogens is 322 g/mol. The van der Waals surface area contributed by atoms with Gasteiger partial charge in [-0.15, -0.1) is 0 Å². The molecule has 2 bridgehead atoms. The van der Waals surface area contributed by atoms with Crippen LogP contribution in [0.4, 0.5) is 0 Å². The Kier molecular flexibility index (Phi) is 4.54. The zero-order chi connectivity index (χ0) is 18.0. The number of amides is 1. The summed E-state index contributed by atoms with van der Waals surface area (Å²) >= 11 is 0. The second-order valence-electron chi connectivity index (χ2n) is 7.61. The molecule has 1 N–H and O–H groups in total. The van der Waals surface area contributed by atoms with E-state index in [1.165, 1.54) is 5.56 Å². The van der Waals surface area contributed by atoms with Crippen LogP contribution in [0.1, 0.15) is 43.2 Å². The fourth-order valence-electron chi connectivity index (χ4n) is 4.70. The lowest BCUT2D eigenvalue weighted by Gasteiger charge is -2.50. The van der Waals surface area contributed by atoms with Gasteiger partial charge in [0.25, 0.3) is 0 Å². The minimum Gasteiger partial charge on any atom is -0.508 e. The minimum absolute atomic E-state index is 0.113. The van der Waals surface area contributed by atoms with Crippen LogP contribution in [-0.4, -0.2) is 28.5 Å². The van der Waals surface area contributed by atoms with Crippen LogP contribution in [0.25, 0.3) is 6.08 Å². The van der Waals surface area contributed by atoms with Gasteiger partial charge in [-0.1, -0.05) is 48.9 Å². The van der Waals surface area contributed by atoms with Crippen molar-refractivity contribution >= 4 is 12.0 Å². The summed E-state index contributed by atoms with van der Waals surface area (Å²) in [5.74, 6) is 0.452. The highest BCUT2D eigenvalue weighted by Crippen LogP contribution is 2.47. The number of benzene rings is 2. The van der Waals surface area contributed by atoms with E-state index in [0.29, 0.717) is 11.8 Å². The number of fused-ring (bicyclic) bond motifs is 2. The molecule has 2 aromatic carbocycles. The molecule has 1 heterocycles. The van der Waals surface area contributed by atoms with E-state index in [9.17, 15) is 9.90 Å². The van der Waals surface area contributed by atoms with Gasteiger partial charge >= 0.3 is 0 Å². The van der Waals surface area contributed by atoms with E-state index in [4.69, 9.17) is 0 Å². The monoisotopic (exact) mass is 347 g/mol. The number of aromatic hydroxyl groups is 1. The number of carbonyl (C=O) groups is 1. The SMILES string of the molecule is O=C(/C=C\c1ccccc1)N1CC[C@]2(c3cccc(O)c3)CCC[C@H]1C2. The highest BCUT2D eigenvalue weighted by molar-refractivity contribution is 5.92. The first-order valence-corrected chi connectivity index (χ1v) is 9.50. The molecule has 3 nitrogen and oxygen atoms in total.